The highest BCUT2D eigenvalue weighted by Crippen LogP contribution is 2.20. The molecule has 0 saturated heterocycles. The van der Waals surface area contributed by atoms with Crippen LogP contribution in [0, 0.1) is 20.8 Å². The molecule has 0 radical (unpaired) electrons. The van der Waals surface area contributed by atoms with Gasteiger partial charge in [0.15, 0.2) is 0 Å². The lowest BCUT2D eigenvalue weighted by atomic mass is 10.1. The summed E-state index contributed by atoms with van der Waals surface area (Å²) in [6.07, 6.45) is 0. The second kappa shape index (κ2) is 6.75. The minimum Gasteiger partial charge on any atom is -0.318 e. The SMILES string of the molecule is Cc1ccc(NC(=O)C(=O)Nc2ccc(Br)c(C)c2)c(C)c1. The van der Waals surface area contributed by atoms with Gasteiger partial charge in [0.25, 0.3) is 0 Å². The Bertz CT molecular complexity index is 741. The summed E-state index contributed by atoms with van der Waals surface area (Å²) < 4.78 is 0.949. The lowest BCUT2D eigenvalue weighted by Gasteiger charge is -2.10. The van der Waals surface area contributed by atoms with Gasteiger partial charge in [-0.3, -0.25) is 9.59 Å². The van der Waals surface area contributed by atoms with Crippen molar-refractivity contribution in [2.24, 2.45) is 0 Å². The summed E-state index contributed by atoms with van der Waals surface area (Å²) >= 11 is 3.39. The minimum atomic E-state index is -0.693. The van der Waals surface area contributed by atoms with Crippen LogP contribution in [0.3, 0.4) is 0 Å². The number of rotatable bonds is 2. The fourth-order valence-electron chi connectivity index (χ4n) is 2.04. The molecule has 0 spiro atoms. The molecule has 0 saturated carbocycles. The fraction of sp³-hybridized carbons (Fsp3) is 0.176. The van der Waals surface area contributed by atoms with Crippen LogP contribution >= 0.6 is 15.9 Å². The highest BCUT2D eigenvalue weighted by atomic mass is 79.9. The molecule has 0 fully saturated rings. The molecule has 2 aromatic rings. The zero-order valence-electron chi connectivity index (χ0n) is 12.7. The number of anilines is 2. The summed E-state index contributed by atoms with van der Waals surface area (Å²) in [5.41, 5.74) is 4.22. The van der Waals surface area contributed by atoms with Crippen LogP contribution in [0.2, 0.25) is 0 Å². The van der Waals surface area contributed by atoms with Crippen LogP contribution in [0.5, 0.6) is 0 Å². The Kier molecular flexibility index (Phi) is 4.98. The van der Waals surface area contributed by atoms with E-state index in [1.165, 1.54) is 0 Å². The number of halogens is 1. The Hall–Kier alpha value is -2.14. The molecule has 114 valence electrons. The van der Waals surface area contributed by atoms with Crippen molar-refractivity contribution in [2.45, 2.75) is 20.8 Å². The Morgan fingerprint density at radius 3 is 2.18 bits per heavy atom. The van der Waals surface area contributed by atoms with E-state index in [9.17, 15) is 9.59 Å². The van der Waals surface area contributed by atoms with Gasteiger partial charge in [0.1, 0.15) is 0 Å². The van der Waals surface area contributed by atoms with Gasteiger partial charge in [-0.05, 0) is 56.2 Å². The van der Waals surface area contributed by atoms with Crippen LogP contribution in [0.25, 0.3) is 0 Å². The lowest BCUT2D eigenvalue weighted by Crippen LogP contribution is -2.29. The van der Waals surface area contributed by atoms with Crippen LogP contribution in [-0.2, 0) is 9.59 Å². The maximum Gasteiger partial charge on any atom is 0.314 e. The summed E-state index contributed by atoms with van der Waals surface area (Å²) in [5, 5.41) is 5.21. The summed E-state index contributed by atoms with van der Waals surface area (Å²) in [5.74, 6) is -1.38. The number of hydrogen-bond acceptors (Lipinski definition) is 2. The van der Waals surface area contributed by atoms with Gasteiger partial charge < -0.3 is 10.6 Å². The zero-order chi connectivity index (χ0) is 16.3. The molecule has 0 aliphatic carbocycles. The second-order valence-electron chi connectivity index (χ2n) is 5.19. The van der Waals surface area contributed by atoms with Gasteiger partial charge in [-0.25, -0.2) is 0 Å². The number of aryl methyl sites for hydroxylation is 3. The quantitative estimate of drug-likeness (QED) is 0.796. The van der Waals surface area contributed by atoms with E-state index in [4.69, 9.17) is 0 Å². The molecule has 0 aliphatic rings. The van der Waals surface area contributed by atoms with Gasteiger partial charge in [-0.2, -0.15) is 0 Å². The van der Waals surface area contributed by atoms with E-state index in [0.29, 0.717) is 11.4 Å². The molecule has 0 aliphatic heterocycles. The van der Waals surface area contributed by atoms with Crippen molar-refractivity contribution >= 4 is 39.1 Å². The van der Waals surface area contributed by atoms with Gasteiger partial charge in [-0.1, -0.05) is 33.6 Å². The second-order valence-corrected chi connectivity index (χ2v) is 6.04. The molecule has 22 heavy (non-hydrogen) atoms. The Morgan fingerprint density at radius 2 is 1.55 bits per heavy atom. The first kappa shape index (κ1) is 16.2. The van der Waals surface area contributed by atoms with Crippen molar-refractivity contribution in [3.63, 3.8) is 0 Å². The summed E-state index contributed by atoms with van der Waals surface area (Å²) in [7, 11) is 0. The lowest BCUT2D eigenvalue weighted by molar-refractivity contribution is -0.133. The normalized spacial score (nSPS) is 10.2. The molecule has 5 heteroatoms. The molecule has 2 aromatic carbocycles. The van der Waals surface area contributed by atoms with Crippen LogP contribution in [0.1, 0.15) is 16.7 Å². The third-order valence-corrected chi connectivity index (χ3v) is 4.14. The van der Waals surface area contributed by atoms with E-state index in [0.717, 1.165) is 21.2 Å². The zero-order valence-corrected chi connectivity index (χ0v) is 14.2. The van der Waals surface area contributed by atoms with Crippen molar-refractivity contribution in [3.8, 4) is 0 Å². The molecule has 0 aromatic heterocycles. The number of carbonyl (C=O) groups is 2. The van der Waals surface area contributed by atoms with E-state index in [1.54, 1.807) is 18.2 Å². The maximum absolute atomic E-state index is 12.0. The van der Waals surface area contributed by atoms with E-state index in [1.807, 2.05) is 39.0 Å². The van der Waals surface area contributed by atoms with Crippen LogP contribution in [-0.4, -0.2) is 11.8 Å². The van der Waals surface area contributed by atoms with E-state index in [2.05, 4.69) is 26.6 Å². The van der Waals surface area contributed by atoms with Crippen molar-refractivity contribution in [1.29, 1.82) is 0 Å². The smallest absolute Gasteiger partial charge is 0.314 e. The standard InChI is InChI=1S/C17H17BrN2O2/c1-10-4-7-15(12(3)8-10)20-17(22)16(21)19-13-5-6-14(18)11(2)9-13/h4-9H,1-3H3,(H,19,21)(H,20,22). The molecule has 2 rings (SSSR count). The van der Waals surface area contributed by atoms with Crippen molar-refractivity contribution < 1.29 is 9.59 Å². The molecule has 0 unspecified atom stereocenters. The molecule has 2 N–H and O–H groups in total. The van der Waals surface area contributed by atoms with Gasteiger partial charge in [-0.15, -0.1) is 0 Å². The van der Waals surface area contributed by atoms with E-state index < -0.39 is 11.8 Å². The first-order chi connectivity index (χ1) is 10.4. The highest BCUT2D eigenvalue weighted by Gasteiger charge is 2.15. The summed E-state index contributed by atoms with van der Waals surface area (Å²) in [6.45, 7) is 5.77. The fourth-order valence-corrected chi connectivity index (χ4v) is 2.29. The van der Waals surface area contributed by atoms with Crippen LogP contribution < -0.4 is 10.6 Å². The van der Waals surface area contributed by atoms with Crippen LogP contribution in [0.15, 0.2) is 40.9 Å². The van der Waals surface area contributed by atoms with Gasteiger partial charge >= 0.3 is 11.8 Å². The largest absolute Gasteiger partial charge is 0.318 e. The summed E-state index contributed by atoms with van der Waals surface area (Å²) in [6, 6.07) is 11.0. The van der Waals surface area contributed by atoms with E-state index in [-0.39, 0.29) is 0 Å². The first-order valence-electron chi connectivity index (χ1n) is 6.82. The molecule has 4 nitrogen and oxygen atoms in total. The topological polar surface area (TPSA) is 58.2 Å². The number of benzene rings is 2. The average molecular weight is 361 g/mol. The van der Waals surface area contributed by atoms with Gasteiger partial charge in [0.05, 0.1) is 0 Å². The maximum atomic E-state index is 12.0. The molecule has 0 bridgehead atoms. The molecule has 0 heterocycles. The Morgan fingerprint density at radius 1 is 0.864 bits per heavy atom. The number of carbonyl (C=O) groups excluding carboxylic acids is 2. The number of amides is 2. The number of nitrogens with one attached hydrogen (secondary N) is 2. The Labute approximate surface area is 138 Å². The van der Waals surface area contributed by atoms with Gasteiger partial charge in [0, 0.05) is 15.8 Å². The van der Waals surface area contributed by atoms with Gasteiger partial charge in [0.2, 0.25) is 0 Å². The van der Waals surface area contributed by atoms with Crippen LogP contribution in [0.4, 0.5) is 11.4 Å². The molecular weight excluding hydrogens is 344 g/mol. The Balaban J connectivity index is 2.05. The predicted molar refractivity (Wildman–Crippen MR) is 92.1 cm³/mol. The third-order valence-electron chi connectivity index (χ3n) is 3.25. The number of hydrogen-bond donors (Lipinski definition) is 2. The molecule has 0 atom stereocenters. The van der Waals surface area contributed by atoms with Crippen molar-refractivity contribution in [3.05, 3.63) is 57.6 Å². The first-order valence-corrected chi connectivity index (χ1v) is 7.62. The van der Waals surface area contributed by atoms with Crippen molar-refractivity contribution in [1.82, 2.24) is 0 Å². The molecular formula is C17H17BrN2O2. The summed E-state index contributed by atoms with van der Waals surface area (Å²) in [4.78, 5) is 23.9. The van der Waals surface area contributed by atoms with Crippen molar-refractivity contribution in [2.75, 3.05) is 10.6 Å². The average Bonchev–Trinajstić information content (AvgIpc) is 2.45. The van der Waals surface area contributed by atoms with E-state index >= 15 is 0 Å². The third kappa shape index (κ3) is 3.95. The molecule has 2 amide bonds. The minimum absolute atomic E-state index is 0.585. The predicted octanol–water partition coefficient (Wildman–Crippen LogP) is 3.95. The monoisotopic (exact) mass is 360 g/mol. The highest BCUT2D eigenvalue weighted by molar-refractivity contribution is 9.10.